The van der Waals surface area contributed by atoms with Crippen LogP contribution in [0.2, 0.25) is 0 Å². The van der Waals surface area contributed by atoms with Gasteiger partial charge in [-0.25, -0.2) is 18.4 Å². The third kappa shape index (κ3) is 4.21. The standard InChI is InChI=1S/C11H17N5O3S2/c1-16(7-2-3-21(18,19)6-7)10(17)5-20-11-14-8(12)4-9(13)15-11/h4,7H,2-3,5-6H2,1H3,(H4,12,13,14,15)/t7-/m0/s1. The molecule has 0 saturated carbocycles. The highest BCUT2D eigenvalue weighted by molar-refractivity contribution is 7.99. The lowest BCUT2D eigenvalue weighted by atomic mass is 10.2. The lowest BCUT2D eigenvalue weighted by Gasteiger charge is -2.23. The van der Waals surface area contributed by atoms with Gasteiger partial charge in [0.25, 0.3) is 0 Å². The Balaban J connectivity index is 1.92. The molecule has 0 spiro atoms. The maximum absolute atomic E-state index is 12.1. The number of aromatic nitrogens is 2. The lowest BCUT2D eigenvalue weighted by Crippen LogP contribution is -2.38. The van der Waals surface area contributed by atoms with Crippen molar-refractivity contribution in [3.05, 3.63) is 6.07 Å². The van der Waals surface area contributed by atoms with E-state index in [1.54, 1.807) is 7.05 Å². The second-order valence-electron chi connectivity index (χ2n) is 4.85. The van der Waals surface area contributed by atoms with E-state index in [0.717, 1.165) is 11.8 Å². The number of anilines is 2. The van der Waals surface area contributed by atoms with E-state index in [-0.39, 0.29) is 40.8 Å². The fraction of sp³-hybridized carbons (Fsp3) is 0.545. The second kappa shape index (κ2) is 6.06. The van der Waals surface area contributed by atoms with Crippen molar-refractivity contribution in [1.82, 2.24) is 14.9 Å². The summed E-state index contributed by atoms with van der Waals surface area (Å²) in [5, 5.41) is 0.327. The first kappa shape index (κ1) is 15.8. The topological polar surface area (TPSA) is 132 Å². The molecule has 0 unspecified atom stereocenters. The molecule has 0 aromatic carbocycles. The van der Waals surface area contributed by atoms with Gasteiger partial charge in [0, 0.05) is 19.2 Å². The van der Waals surface area contributed by atoms with Crippen molar-refractivity contribution in [1.29, 1.82) is 0 Å². The van der Waals surface area contributed by atoms with Gasteiger partial charge < -0.3 is 16.4 Å². The van der Waals surface area contributed by atoms with E-state index in [0.29, 0.717) is 11.6 Å². The smallest absolute Gasteiger partial charge is 0.233 e. The maximum atomic E-state index is 12.1. The Kier molecular flexibility index (Phi) is 4.57. The average Bonchev–Trinajstić information content (AvgIpc) is 2.74. The van der Waals surface area contributed by atoms with Crippen LogP contribution < -0.4 is 11.5 Å². The maximum Gasteiger partial charge on any atom is 0.233 e. The molecule has 1 aliphatic heterocycles. The summed E-state index contributed by atoms with van der Waals surface area (Å²) >= 11 is 1.12. The fourth-order valence-electron chi connectivity index (χ4n) is 2.04. The number of hydrogen-bond acceptors (Lipinski definition) is 8. The van der Waals surface area contributed by atoms with Crippen LogP contribution >= 0.6 is 11.8 Å². The van der Waals surface area contributed by atoms with Gasteiger partial charge in [-0.05, 0) is 6.42 Å². The minimum absolute atomic E-state index is 0.0294. The minimum atomic E-state index is -3.01. The Morgan fingerprint density at radius 1 is 1.43 bits per heavy atom. The summed E-state index contributed by atoms with van der Waals surface area (Å²) in [6.45, 7) is 0. The Morgan fingerprint density at radius 2 is 2.05 bits per heavy atom. The highest BCUT2D eigenvalue weighted by Gasteiger charge is 2.32. The first-order valence-corrected chi connectivity index (χ1v) is 9.06. The van der Waals surface area contributed by atoms with Crippen molar-refractivity contribution in [2.45, 2.75) is 17.6 Å². The summed E-state index contributed by atoms with van der Waals surface area (Å²) in [4.78, 5) is 21.5. The molecule has 10 heteroatoms. The quantitative estimate of drug-likeness (QED) is 0.551. The molecular formula is C11H17N5O3S2. The third-order valence-electron chi connectivity index (χ3n) is 3.22. The molecule has 21 heavy (non-hydrogen) atoms. The highest BCUT2D eigenvalue weighted by atomic mass is 32.2. The number of thioether (sulfide) groups is 1. The average molecular weight is 331 g/mol. The molecule has 2 heterocycles. The molecule has 2 rings (SSSR count). The molecule has 1 aromatic heterocycles. The van der Waals surface area contributed by atoms with E-state index in [1.807, 2.05) is 0 Å². The monoisotopic (exact) mass is 331 g/mol. The fourth-order valence-corrected chi connectivity index (χ4v) is 4.61. The van der Waals surface area contributed by atoms with Gasteiger partial charge in [0.1, 0.15) is 11.6 Å². The number of nitrogens with two attached hydrogens (primary N) is 2. The zero-order valence-corrected chi connectivity index (χ0v) is 13.2. The number of carbonyl (C=O) groups excluding carboxylic acids is 1. The van der Waals surface area contributed by atoms with Gasteiger partial charge in [0.2, 0.25) is 5.91 Å². The summed E-state index contributed by atoms with van der Waals surface area (Å²) in [7, 11) is -1.40. The van der Waals surface area contributed by atoms with Gasteiger partial charge in [0.15, 0.2) is 15.0 Å². The number of rotatable bonds is 4. The summed E-state index contributed by atoms with van der Waals surface area (Å²) in [5.74, 6) is 0.585. The first-order chi connectivity index (χ1) is 9.77. The van der Waals surface area contributed by atoms with Gasteiger partial charge >= 0.3 is 0 Å². The van der Waals surface area contributed by atoms with Crippen LogP contribution in [0.4, 0.5) is 11.6 Å². The van der Waals surface area contributed by atoms with Crippen molar-refractivity contribution in [3.8, 4) is 0 Å². The van der Waals surface area contributed by atoms with Crippen LogP contribution in [0.5, 0.6) is 0 Å². The van der Waals surface area contributed by atoms with Crippen molar-refractivity contribution in [2.24, 2.45) is 0 Å². The molecule has 1 aliphatic rings. The largest absolute Gasteiger partial charge is 0.383 e. The molecule has 0 aliphatic carbocycles. The van der Waals surface area contributed by atoms with E-state index in [9.17, 15) is 13.2 Å². The summed E-state index contributed by atoms with van der Waals surface area (Å²) < 4.78 is 22.9. The SMILES string of the molecule is CN(C(=O)CSc1nc(N)cc(N)n1)[C@H]1CCS(=O)(=O)C1. The number of nitrogens with zero attached hydrogens (tertiary/aromatic N) is 3. The zero-order valence-electron chi connectivity index (χ0n) is 11.5. The second-order valence-corrected chi connectivity index (χ2v) is 8.02. The van der Waals surface area contributed by atoms with Crippen LogP contribution in [-0.4, -0.2) is 59.5 Å². The first-order valence-electron chi connectivity index (χ1n) is 6.26. The van der Waals surface area contributed by atoms with Crippen LogP contribution in [0.15, 0.2) is 11.2 Å². The predicted molar refractivity (Wildman–Crippen MR) is 81.4 cm³/mol. The minimum Gasteiger partial charge on any atom is -0.383 e. The van der Waals surface area contributed by atoms with E-state index in [4.69, 9.17) is 11.5 Å². The number of hydrogen-bond donors (Lipinski definition) is 2. The van der Waals surface area contributed by atoms with Crippen LogP contribution in [0.3, 0.4) is 0 Å². The van der Waals surface area contributed by atoms with Crippen LogP contribution in [-0.2, 0) is 14.6 Å². The molecule has 1 amide bonds. The van der Waals surface area contributed by atoms with Crippen molar-refractivity contribution in [3.63, 3.8) is 0 Å². The van der Waals surface area contributed by atoms with Crippen LogP contribution in [0.25, 0.3) is 0 Å². The summed E-state index contributed by atoms with van der Waals surface area (Å²) in [6.07, 6.45) is 0.483. The normalized spacial score (nSPS) is 20.3. The predicted octanol–water partition coefficient (Wildman–Crippen LogP) is -0.621. The molecule has 1 fully saturated rings. The highest BCUT2D eigenvalue weighted by Crippen LogP contribution is 2.20. The number of sulfone groups is 1. The van der Waals surface area contributed by atoms with Crippen molar-refractivity contribution >= 4 is 39.1 Å². The Labute approximate surface area is 127 Å². The van der Waals surface area contributed by atoms with Gasteiger partial charge in [-0.2, -0.15) is 0 Å². The zero-order chi connectivity index (χ0) is 15.6. The van der Waals surface area contributed by atoms with Crippen molar-refractivity contribution < 1.29 is 13.2 Å². The van der Waals surface area contributed by atoms with E-state index in [2.05, 4.69) is 9.97 Å². The number of amides is 1. The summed E-state index contributed by atoms with van der Waals surface area (Å²) in [5.41, 5.74) is 11.1. The van der Waals surface area contributed by atoms with Crippen LogP contribution in [0.1, 0.15) is 6.42 Å². The van der Waals surface area contributed by atoms with E-state index < -0.39 is 9.84 Å². The van der Waals surface area contributed by atoms with Crippen molar-refractivity contribution in [2.75, 3.05) is 35.8 Å². The summed E-state index contributed by atoms with van der Waals surface area (Å²) in [6, 6.07) is 1.18. The molecule has 0 radical (unpaired) electrons. The third-order valence-corrected chi connectivity index (χ3v) is 5.80. The molecule has 0 bridgehead atoms. The Morgan fingerprint density at radius 3 is 2.57 bits per heavy atom. The van der Waals surface area contributed by atoms with Gasteiger partial charge in [-0.1, -0.05) is 11.8 Å². The molecule has 116 valence electrons. The number of carbonyl (C=O) groups is 1. The molecule has 1 saturated heterocycles. The van der Waals surface area contributed by atoms with E-state index in [1.165, 1.54) is 11.0 Å². The molecule has 8 nitrogen and oxygen atoms in total. The van der Waals surface area contributed by atoms with Gasteiger partial charge in [-0.3, -0.25) is 4.79 Å². The Hall–Kier alpha value is -1.55. The Bertz CT molecular complexity index is 629. The van der Waals surface area contributed by atoms with Gasteiger partial charge in [0.05, 0.1) is 17.3 Å². The number of nitrogen functional groups attached to an aromatic ring is 2. The van der Waals surface area contributed by atoms with Crippen LogP contribution in [0, 0.1) is 0 Å². The molecule has 1 aromatic rings. The lowest BCUT2D eigenvalue weighted by molar-refractivity contribution is -0.128. The molecular weight excluding hydrogens is 314 g/mol. The van der Waals surface area contributed by atoms with Gasteiger partial charge in [-0.15, -0.1) is 0 Å². The molecule has 1 atom stereocenters. The van der Waals surface area contributed by atoms with E-state index >= 15 is 0 Å². The molecule has 4 N–H and O–H groups in total.